The molecule has 0 saturated heterocycles. The van der Waals surface area contributed by atoms with Gasteiger partial charge in [0.25, 0.3) is 0 Å². The van der Waals surface area contributed by atoms with E-state index >= 15 is 0 Å². The van der Waals surface area contributed by atoms with Gasteiger partial charge in [-0.2, -0.15) is 13.2 Å². The molecular weight excluding hydrogens is 312 g/mol. The zero-order valence-corrected chi connectivity index (χ0v) is 10.4. The largest absolute Gasteiger partial charge is 0.573 e. The second-order valence-electron chi connectivity index (χ2n) is 3.42. The zero-order valence-electron chi connectivity index (χ0n) is 10.4. The Kier molecular flexibility index (Phi) is 4.54. The van der Waals surface area contributed by atoms with Crippen LogP contribution >= 0.6 is 0 Å². The number of aromatic nitrogens is 1. The average Bonchev–Trinajstić information content (AvgIpc) is 2.33. The molecule has 0 N–H and O–H groups in total. The molecule has 0 bridgehead atoms. The van der Waals surface area contributed by atoms with E-state index in [4.69, 9.17) is 0 Å². The molecule has 118 valence electrons. The summed E-state index contributed by atoms with van der Waals surface area (Å²) in [5.41, 5.74) is -3.41. The van der Waals surface area contributed by atoms with Crippen molar-refractivity contribution in [2.75, 3.05) is 14.2 Å². The van der Waals surface area contributed by atoms with Gasteiger partial charge >= 0.3 is 18.5 Å². The lowest BCUT2D eigenvalue weighted by atomic mass is 10.1. The summed E-state index contributed by atoms with van der Waals surface area (Å²) in [6.07, 6.45) is -10.5. The number of ether oxygens (including phenoxy) is 3. The van der Waals surface area contributed by atoms with Gasteiger partial charge in [-0.05, 0) is 0 Å². The van der Waals surface area contributed by atoms with Crippen LogP contribution in [0.4, 0.5) is 26.3 Å². The molecule has 0 radical (unpaired) electrons. The van der Waals surface area contributed by atoms with Crippen LogP contribution < -0.4 is 9.47 Å². The predicted octanol–water partition coefficient (Wildman–Crippen LogP) is 2.79. The van der Waals surface area contributed by atoms with Crippen molar-refractivity contribution in [2.24, 2.45) is 0 Å². The molecule has 5 nitrogen and oxygen atoms in total. The van der Waals surface area contributed by atoms with E-state index in [1.165, 1.54) is 0 Å². The van der Waals surface area contributed by atoms with Crippen LogP contribution in [0.3, 0.4) is 0 Å². The molecule has 1 aromatic rings. The molecule has 0 amide bonds. The van der Waals surface area contributed by atoms with Gasteiger partial charge in [-0.25, -0.2) is 9.78 Å². The third kappa shape index (κ3) is 4.13. The third-order valence-corrected chi connectivity index (χ3v) is 2.05. The van der Waals surface area contributed by atoms with E-state index in [0.29, 0.717) is 13.2 Å². The van der Waals surface area contributed by atoms with Crippen LogP contribution in [0, 0.1) is 0 Å². The Labute approximate surface area is 113 Å². The fourth-order valence-corrected chi connectivity index (χ4v) is 1.31. The highest BCUT2D eigenvalue weighted by atomic mass is 19.4. The maximum Gasteiger partial charge on any atom is 0.573 e. The first kappa shape index (κ1) is 16.9. The summed E-state index contributed by atoms with van der Waals surface area (Å²) in [6, 6.07) is 0.398. The Balaban J connectivity index is 3.62. The molecule has 0 unspecified atom stereocenters. The van der Waals surface area contributed by atoms with Gasteiger partial charge in [0.2, 0.25) is 5.88 Å². The number of carbonyl (C=O) groups is 1. The highest BCUT2D eigenvalue weighted by Crippen LogP contribution is 2.38. The SMILES string of the molecule is COC(=O)c1c(OC(F)(F)F)cc(OC)nc1C(F)(F)F. The van der Waals surface area contributed by atoms with E-state index in [9.17, 15) is 31.1 Å². The minimum absolute atomic E-state index is 0.398. The van der Waals surface area contributed by atoms with E-state index in [2.05, 4.69) is 19.2 Å². The third-order valence-electron chi connectivity index (χ3n) is 2.05. The van der Waals surface area contributed by atoms with Gasteiger partial charge in [0.05, 0.1) is 14.2 Å². The molecular formula is C10H7F6NO4. The van der Waals surface area contributed by atoms with Crippen molar-refractivity contribution in [1.29, 1.82) is 0 Å². The molecule has 1 heterocycles. The molecule has 1 aromatic heterocycles. The number of halogens is 6. The number of rotatable bonds is 3. The molecule has 0 aliphatic rings. The monoisotopic (exact) mass is 319 g/mol. The van der Waals surface area contributed by atoms with Crippen LogP contribution in [0.2, 0.25) is 0 Å². The molecule has 0 aliphatic carbocycles. The molecule has 11 heteroatoms. The van der Waals surface area contributed by atoms with E-state index in [-0.39, 0.29) is 0 Å². The first-order valence-electron chi connectivity index (χ1n) is 5.00. The summed E-state index contributed by atoms with van der Waals surface area (Å²) in [5, 5.41) is 0. The summed E-state index contributed by atoms with van der Waals surface area (Å²) in [6.45, 7) is 0. The minimum Gasteiger partial charge on any atom is -0.481 e. The molecule has 0 aromatic carbocycles. The predicted molar refractivity (Wildman–Crippen MR) is 53.8 cm³/mol. The van der Waals surface area contributed by atoms with Crippen LogP contribution in [-0.4, -0.2) is 31.5 Å². The van der Waals surface area contributed by atoms with Gasteiger partial charge in [0.15, 0.2) is 11.4 Å². The standard InChI is InChI=1S/C10H7F6NO4/c1-19-5-3-4(21-10(14,15)16)6(8(18)20-2)7(17-5)9(11,12)13/h3H,1-2H3. The summed E-state index contributed by atoms with van der Waals surface area (Å²) >= 11 is 0. The average molecular weight is 319 g/mol. The van der Waals surface area contributed by atoms with Crippen molar-refractivity contribution >= 4 is 5.97 Å². The first-order valence-corrected chi connectivity index (χ1v) is 5.00. The highest BCUT2D eigenvalue weighted by molar-refractivity contribution is 5.94. The fraction of sp³-hybridized carbons (Fsp3) is 0.400. The second-order valence-corrected chi connectivity index (χ2v) is 3.42. The number of hydrogen-bond acceptors (Lipinski definition) is 5. The van der Waals surface area contributed by atoms with E-state index in [1.807, 2.05) is 0 Å². The number of pyridine rings is 1. The summed E-state index contributed by atoms with van der Waals surface area (Å²) < 4.78 is 87.0. The van der Waals surface area contributed by atoms with Crippen molar-refractivity contribution in [3.05, 3.63) is 17.3 Å². The highest BCUT2D eigenvalue weighted by Gasteiger charge is 2.43. The molecule has 0 atom stereocenters. The maximum absolute atomic E-state index is 12.8. The summed E-state index contributed by atoms with van der Waals surface area (Å²) in [7, 11) is 1.59. The van der Waals surface area contributed by atoms with Gasteiger partial charge in [-0.15, -0.1) is 13.2 Å². The van der Waals surface area contributed by atoms with Gasteiger partial charge < -0.3 is 14.2 Å². The molecule has 21 heavy (non-hydrogen) atoms. The van der Waals surface area contributed by atoms with Crippen LogP contribution in [-0.2, 0) is 10.9 Å². The minimum atomic E-state index is -5.32. The van der Waals surface area contributed by atoms with Crippen molar-refractivity contribution < 1.29 is 45.3 Å². The van der Waals surface area contributed by atoms with Crippen molar-refractivity contribution in [1.82, 2.24) is 4.98 Å². The van der Waals surface area contributed by atoms with Gasteiger partial charge in [-0.1, -0.05) is 0 Å². The Morgan fingerprint density at radius 1 is 1.14 bits per heavy atom. The van der Waals surface area contributed by atoms with E-state index in [0.717, 1.165) is 7.11 Å². The lowest BCUT2D eigenvalue weighted by molar-refractivity contribution is -0.275. The normalized spacial score (nSPS) is 12.0. The molecule has 1 rings (SSSR count). The maximum atomic E-state index is 12.8. The summed E-state index contributed by atoms with van der Waals surface area (Å²) in [4.78, 5) is 14.3. The Bertz CT molecular complexity index is 540. The van der Waals surface area contributed by atoms with Gasteiger partial charge in [0.1, 0.15) is 5.56 Å². The number of nitrogens with zero attached hydrogens (tertiary/aromatic N) is 1. The quantitative estimate of drug-likeness (QED) is 0.633. The molecule has 0 saturated carbocycles. The number of hydrogen-bond donors (Lipinski definition) is 0. The van der Waals surface area contributed by atoms with Crippen molar-refractivity contribution in [3.8, 4) is 11.6 Å². The van der Waals surface area contributed by atoms with Gasteiger partial charge in [-0.3, -0.25) is 0 Å². The Morgan fingerprint density at radius 3 is 2.10 bits per heavy atom. The van der Waals surface area contributed by atoms with Crippen LogP contribution in [0.25, 0.3) is 0 Å². The first-order chi connectivity index (χ1) is 9.49. The lowest BCUT2D eigenvalue weighted by Crippen LogP contribution is -2.23. The van der Waals surface area contributed by atoms with Crippen molar-refractivity contribution in [3.63, 3.8) is 0 Å². The molecule has 0 spiro atoms. The topological polar surface area (TPSA) is 57.7 Å². The smallest absolute Gasteiger partial charge is 0.481 e. The van der Waals surface area contributed by atoms with Crippen LogP contribution in [0.1, 0.15) is 16.1 Å². The second kappa shape index (κ2) is 5.66. The Morgan fingerprint density at radius 2 is 1.71 bits per heavy atom. The number of carbonyl (C=O) groups excluding carboxylic acids is 1. The zero-order chi connectivity index (χ0) is 16.4. The fourth-order valence-electron chi connectivity index (χ4n) is 1.31. The number of methoxy groups -OCH3 is 2. The van der Waals surface area contributed by atoms with Crippen LogP contribution in [0.5, 0.6) is 11.6 Å². The Hall–Kier alpha value is -2.20. The van der Waals surface area contributed by atoms with Crippen LogP contribution in [0.15, 0.2) is 6.07 Å². The molecule has 0 aliphatic heterocycles. The van der Waals surface area contributed by atoms with Crippen molar-refractivity contribution in [2.45, 2.75) is 12.5 Å². The molecule has 0 fully saturated rings. The van der Waals surface area contributed by atoms with E-state index in [1.54, 1.807) is 0 Å². The number of esters is 1. The lowest BCUT2D eigenvalue weighted by Gasteiger charge is -2.17. The summed E-state index contributed by atoms with van der Waals surface area (Å²) in [5.74, 6) is -3.92. The number of alkyl halides is 6. The van der Waals surface area contributed by atoms with Gasteiger partial charge in [0, 0.05) is 6.07 Å². The van der Waals surface area contributed by atoms with E-state index < -0.39 is 41.4 Å².